The number of phosphoric acid groups is 1. The Bertz CT molecular complexity index is 438. The number of methoxy groups -OCH3 is 1. The number of ether oxygens (including phenoxy) is 2. The van der Waals surface area contributed by atoms with Crippen molar-refractivity contribution < 1.29 is 28.0 Å². The molecular formula is C22H48NO6P. The third-order valence-corrected chi connectivity index (χ3v) is 6.28. The molecule has 0 amide bonds. The minimum Gasteiger partial charge on any atom is -0.379 e. The average Bonchev–Trinajstić information content (AvgIpc) is 2.67. The van der Waals surface area contributed by atoms with E-state index in [2.05, 4.69) is 33.0 Å². The standard InChI is InChI=1S/C22H48NO6P/c1-19(2)9-7-10-20(3)11-8-12-21(4)13-15-27-17-22(26-6)18-29-30(24,25)28-16-14-23-5/h19-23H,7-18H2,1-6H3,(H,24,25). The number of hydrogen-bond donors (Lipinski definition) is 2. The molecule has 7 nitrogen and oxygen atoms in total. The molecule has 4 atom stereocenters. The number of nitrogens with one attached hydrogen (secondary N) is 1. The Morgan fingerprint density at radius 1 is 0.867 bits per heavy atom. The summed E-state index contributed by atoms with van der Waals surface area (Å²) in [7, 11) is -0.781. The topological polar surface area (TPSA) is 86.3 Å². The minimum absolute atomic E-state index is 0.0475. The van der Waals surface area contributed by atoms with E-state index < -0.39 is 13.9 Å². The van der Waals surface area contributed by atoms with Crippen molar-refractivity contribution in [3.8, 4) is 0 Å². The van der Waals surface area contributed by atoms with E-state index in [9.17, 15) is 9.46 Å². The largest absolute Gasteiger partial charge is 0.472 e. The Morgan fingerprint density at radius 3 is 2.03 bits per heavy atom. The molecule has 2 N–H and O–H groups in total. The van der Waals surface area contributed by atoms with Crippen molar-refractivity contribution in [2.24, 2.45) is 17.8 Å². The van der Waals surface area contributed by atoms with E-state index in [1.54, 1.807) is 7.05 Å². The maximum Gasteiger partial charge on any atom is 0.472 e. The first kappa shape index (κ1) is 30.0. The summed E-state index contributed by atoms with van der Waals surface area (Å²) in [5.41, 5.74) is 0. The van der Waals surface area contributed by atoms with E-state index in [1.165, 1.54) is 45.6 Å². The van der Waals surface area contributed by atoms with Crippen LogP contribution in [-0.2, 0) is 23.1 Å². The van der Waals surface area contributed by atoms with Crippen LogP contribution in [0.3, 0.4) is 0 Å². The van der Waals surface area contributed by atoms with Crippen LogP contribution in [0.4, 0.5) is 0 Å². The molecule has 182 valence electrons. The van der Waals surface area contributed by atoms with Crippen LogP contribution in [0.2, 0.25) is 0 Å². The number of hydrogen-bond acceptors (Lipinski definition) is 6. The van der Waals surface area contributed by atoms with Crippen molar-refractivity contribution in [3.63, 3.8) is 0 Å². The molecule has 0 rings (SSSR count). The quantitative estimate of drug-likeness (QED) is 0.186. The van der Waals surface area contributed by atoms with Gasteiger partial charge in [-0.1, -0.05) is 66.2 Å². The second-order valence-electron chi connectivity index (χ2n) is 8.89. The third-order valence-electron chi connectivity index (χ3n) is 5.29. The monoisotopic (exact) mass is 453 g/mol. The zero-order valence-electron chi connectivity index (χ0n) is 20.2. The van der Waals surface area contributed by atoms with E-state index in [1.807, 2.05) is 0 Å². The molecule has 0 aliphatic carbocycles. The Labute approximate surface area is 185 Å². The molecule has 0 fully saturated rings. The lowest BCUT2D eigenvalue weighted by atomic mass is 9.93. The molecule has 0 aromatic heterocycles. The van der Waals surface area contributed by atoms with Gasteiger partial charge in [0.05, 0.1) is 19.8 Å². The van der Waals surface area contributed by atoms with Crippen molar-refractivity contribution in [1.82, 2.24) is 5.32 Å². The lowest BCUT2D eigenvalue weighted by molar-refractivity contribution is -0.0235. The third kappa shape index (κ3) is 18.7. The molecule has 8 heteroatoms. The fraction of sp³-hybridized carbons (Fsp3) is 1.00. The zero-order chi connectivity index (χ0) is 22.8. The average molecular weight is 454 g/mol. The smallest absolute Gasteiger partial charge is 0.379 e. The van der Waals surface area contributed by atoms with Gasteiger partial charge in [-0.15, -0.1) is 0 Å². The molecular weight excluding hydrogens is 405 g/mol. The van der Waals surface area contributed by atoms with E-state index in [4.69, 9.17) is 18.5 Å². The van der Waals surface area contributed by atoms with E-state index in [-0.39, 0.29) is 13.2 Å². The Balaban J connectivity index is 3.80. The molecule has 0 aliphatic heterocycles. The van der Waals surface area contributed by atoms with Crippen molar-refractivity contribution in [3.05, 3.63) is 0 Å². The Hall–Kier alpha value is -0.0100. The van der Waals surface area contributed by atoms with Gasteiger partial charge in [-0.2, -0.15) is 0 Å². The first-order valence-corrected chi connectivity index (χ1v) is 13.1. The number of rotatable bonds is 21. The summed E-state index contributed by atoms with van der Waals surface area (Å²) in [6.45, 7) is 10.7. The van der Waals surface area contributed by atoms with Crippen LogP contribution in [0, 0.1) is 17.8 Å². The highest BCUT2D eigenvalue weighted by atomic mass is 31.2. The second kappa shape index (κ2) is 18.6. The van der Waals surface area contributed by atoms with Gasteiger partial charge in [-0.25, -0.2) is 4.57 Å². The van der Waals surface area contributed by atoms with Gasteiger partial charge in [0.2, 0.25) is 0 Å². The van der Waals surface area contributed by atoms with Crippen LogP contribution >= 0.6 is 7.82 Å². The lowest BCUT2D eigenvalue weighted by Crippen LogP contribution is -2.25. The number of likely N-dealkylation sites (N-methyl/N-ethyl adjacent to an activating group) is 1. The molecule has 0 spiro atoms. The summed E-state index contributed by atoms with van der Waals surface area (Å²) in [6.07, 6.45) is 8.45. The summed E-state index contributed by atoms with van der Waals surface area (Å²) in [5, 5.41) is 2.83. The summed E-state index contributed by atoms with van der Waals surface area (Å²) >= 11 is 0. The highest BCUT2D eigenvalue weighted by Crippen LogP contribution is 2.43. The molecule has 0 heterocycles. The maximum atomic E-state index is 11.8. The van der Waals surface area contributed by atoms with Crippen molar-refractivity contribution in [2.75, 3.05) is 47.1 Å². The van der Waals surface area contributed by atoms with Gasteiger partial charge >= 0.3 is 7.82 Å². The van der Waals surface area contributed by atoms with Gasteiger partial charge in [0, 0.05) is 20.3 Å². The highest BCUT2D eigenvalue weighted by molar-refractivity contribution is 7.47. The van der Waals surface area contributed by atoms with Gasteiger partial charge < -0.3 is 19.7 Å². The highest BCUT2D eigenvalue weighted by Gasteiger charge is 2.23. The van der Waals surface area contributed by atoms with Gasteiger partial charge in [0.1, 0.15) is 6.10 Å². The summed E-state index contributed by atoms with van der Waals surface area (Å²) in [4.78, 5) is 9.61. The molecule has 4 unspecified atom stereocenters. The second-order valence-corrected chi connectivity index (χ2v) is 10.3. The molecule has 30 heavy (non-hydrogen) atoms. The SMILES string of the molecule is CNCCOP(=O)(O)OCC(COCCC(C)CCCC(C)CCCC(C)C)OC. The van der Waals surface area contributed by atoms with Gasteiger partial charge in [0.25, 0.3) is 0 Å². The normalized spacial score (nSPS) is 17.1. The summed E-state index contributed by atoms with van der Waals surface area (Å²) < 4.78 is 32.5. The summed E-state index contributed by atoms with van der Waals surface area (Å²) in [6, 6.07) is 0. The molecule has 0 aliphatic rings. The van der Waals surface area contributed by atoms with Crippen LogP contribution in [0.15, 0.2) is 0 Å². The number of phosphoric ester groups is 1. The molecule has 0 aromatic carbocycles. The van der Waals surface area contributed by atoms with E-state index in [0.29, 0.717) is 25.7 Å². The van der Waals surface area contributed by atoms with Gasteiger partial charge in [-0.05, 0) is 31.2 Å². The van der Waals surface area contributed by atoms with Crippen LogP contribution < -0.4 is 5.32 Å². The van der Waals surface area contributed by atoms with E-state index in [0.717, 1.165) is 18.3 Å². The zero-order valence-corrected chi connectivity index (χ0v) is 21.1. The fourth-order valence-corrected chi connectivity index (χ4v) is 3.89. The molecule has 0 saturated carbocycles. The van der Waals surface area contributed by atoms with Crippen LogP contribution in [-0.4, -0.2) is 58.1 Å². The fourth-order valence-electron chi connectivity index (χ4n) is 3.14. The lowest BCUT2D eigenvalue weighted by Gasteiger charge is -2.19. The van der Waals surface area contributed by atoms with Crippen LogP contribution in [0.25, 0.3) is 0 Å². The molecule has 0 radical (unpaired) electrons. The molecule has 0 bridgehead atoms. The van der Waals surface area contributed by atoms with Crippen LogP contribution in [0.1, 0.15) is 72.6 Å². The molecule has 0 saturated heterocycles. The molecule has 0 aromatic rings. The minimum atomic E-state index is -4.05. The summed E-state index contributed by atoms with van der Waals surface area (Å²) in [5.74, 6) is 2.26. The Morgan fingerprint density at radius 2 is 1.47 bits per heavy atom. The van der Waals surface area contributed by atoms with Crippen molar-refractivity contribution in [2.45, 2.75) is 78.7 Å². The maximum absolute atomic E-state index is 11.8. The van der Waals surface area contributed by atoms with Gasteiger partial charge in [-0.3, -0.25) is 9.05 Å². The van der Waals surface area contributed by atoms with Gasteiger partial charge in [0.15, 0.2) is 0 Å². The van der Waals surface area contributed by atoms with Crippen molar-refractivity contribution >= 4 is 7.82 Å². The predicted molar refractivity (Wildman–Crippen MR) is 123 cm³/mol. The first-order chi connectivity index (χ1) is 14.2. The van der Waals surface area contributed by atoms with Crippen molar-refractivity contribution in [1.29, 1.82) is 0 Å². The van der Waals surface area contributed by atoms with E-state index >= 15 is 0 Å². The van der Waals surface area contributed by atoms with Crippen LogP contribution in [0.5, 0.6) is 0 Å². The first-order valence-electron chi connectivity index (χ1n) is 11.6. The Kier molecular flexibility index (Phi) is 18.5. The predicted octanol–water partition coefficient (Wildman–Crippen LogP) is 5.03.